The molecule has 1 rings (SSSR count). The van der Waals surface area contributed by atoms with Crippen LogP contribution in [0.15, 0.2) is 35.5 Å². The Morgan fingerprint density at radius 3 is 2.25 bits per heavy atom. The molecule has 0 aromatic heterocycles. The van der Waals surface area contributed by atoms with Crippen LogP contribution in [-0.2, 0) is 4.79 Å². The second kappa shape index (κ2) is 8.94. The third kappa shape index (κ3) is 6.88. The van der Waals surface area contributed by atoms with Crippen LogP contribution in [0.5, 0.6) is 0 Å². The van der Waals surface area contributed by atoms with E-state index >= 15 is 0 Å². The first-order chi connectivity index (χ1) is 9.49. The maximum Gasteiger partial charge on any atom is 0.155 e. The van der Waals surface area contributed by atoms with Gasteiger partial charge in [0.25, 0.3) is 0 Å². The Balaban J connectivity index is 2.78. The highest BCUT2D eigenvalue weighted by Gasteiger charge is 2.10. The van der Waals surface area contributed by atoms with Crippen LogP contribution in [0.4, 0.5) is 0 Å². The van der Waals surface area contributed by atoms with Gasteiger partial charge in [-0.05, 0) is 63.9 Å². The molecule has 1 unspecified atom stereocenters. The Labute approximate surface area is 124 Å². The maximum atomic E-state index is 11.9. The number of allylic oxidation sites excluding steroid dienone is 6. The molecular formula is C19H30O. The summed E-state index contributed by atoms with van der Waals surface area (Å²) in [7, 11) is 0. The van der Waals surface area contributed by atoms with E-state index in [0.29, 0.717) is 18.3 Å². The molecule has 1 aliphatic carbocycles. The standard InChI is InChI=1S/C19H30O/c1-15(2)18-12-11-17(4)8-5-7-16(3)9-6-10-19(20)14-13-18/h8-9,13-15,18H,5-7,10-12H2,1-4H3/b14-13+,16-9+,17-8-. The summed E-state index contributed by atoms with van der Waals surface area (Å²) in [4.78, 5) is 11.9. The zero-order chi connectivity index (χ0) is 15.0. The average molecular weight is 274 g/mol. The Morgan fingerprint density at radius 2 is 1.60 bits per heavy atom. The first-order valence-corrected chi connectivity index (χ1v) is 8.01. The molecule has 0 spiro atoms. The van der Waals surface area contributed by atoms with Crippen molar-refractivity contribution in [1.82, 2.24) is 0 Å². The van der Waals surface area contributed by atoms with E-state index in [1.54, 1.807) is 0 Å². The quantitative estimate of drug-likeness (QED) is 0.566. The van der Waals surface area contributed by atoms with Crippen molar-refractivity contribution in [3.63, 3.8) is 0 Å². The molecule has 0 saturated heterocycles. The molecule has 0 N–H and O–H groups in total. The molecular weight excluding hydrogens is 244 g/mol. The average Bonchev–Trinajstić information content (AvgIpc) is 2.37. The Hall–Kier alpha value is -1.11. The van der Waals surface area contributed by atoms with E-state index in [2.05, 4.69) is 45.9 Å². The highest BCUT2D eigenvalue weighted by molar-refractivity contribution is 5.89. The SMILES string of the molecule is C/C1=C/CC/C(C)=C/CCC(=O)/C=C/C(C(C)C)CC1. The van der Waals surface area contributed by atoms with Gasteiger partial charge in [0.15, 0.2) is 5.78 Å². The fraction of sp³-hybridized carbons (Fsp3) is 0.632. The van der Waals surface area contributed by atoms with Gasteiger partial charge < -0.3 is 0 Å². The summed E-state index contributed by atoms with van der Waals surface area (Å²) in [5.41, 5.74) is 2.89. The maximum absolute atomic E-state index is 11.9. The lowest BCUT2D eigenvalue weighted by atomic mass is 9.88. The van der Waals surface area contributed by atoms with E-state index in [1.807, 2.05) is 6.08 Å². The first kappa shape index (κ1) is 16.9. The summed E-state index contributed by atoms with van der Waals surface area (Å²) in [6, 6.07) is 0. The Morgan fingerprint density at radius 1 is 1.00 bits per heavy atom. The number of hydrogen-bond acceptors (Lipinski definition) is 1. The Bertz CT molecular complexity index is 396. The van der Waals surface area contributed by atoms with Gasteiger partial charge in [-0.3, -0.25) is 4.79 Å². The van der Waals surface area contributed by atoms with Gasteiger partial charge in [0.1, 0.15) is 0 Å². The van der Waals surface area contributed by atoms with Gasteiger partial charge >= 0.3 is 0 Å². The van der Waals surface area contributed by atoms with Crippen LogP contribution in [0.1, 0.15) is 66.2 Å². The van der Waals surface area contributed by atoms with Crippen molar-refractivity contribution in [2.75, 3.05) is 0 Å². The van der Waals surface area contributed by atoms with Crippen molar-refractivity contribution < 1.29 is 4.79 Å². The van der Waals surface area contributed by atoms with Crippen LogP contribution < -0.4 is 0 Å². The molecule has 20 heavy (non-hydrogen) atoms. The minimum Gasteiger partial charge on any atom is -0.295 e. The molecule has 0 saturated carbocycles. The van der Waals surface area contributed by atoms with Crippen LogP contribution in [0.25, 0.3) is 0 Å². The van der Waals surface area contributed by atoms with Gasteiger partial charge in [-0.2, -0.15) is 0 Å². The molecule has 1 nitrogen and oxygen atoms in total. The van der Waals surface area contributed by atoms with Gasteiger partial charge in [0.2, 0.25) is 0 Å². The van der Waals surface area contributed by atoms with E-state index in [0.717, 1.165) is 32.1 Å². The molecule has 0 aliphatic heterocycles. The minimum atomic E-state index is 0.268. The second-order valence-corrected chi connectivity index (χ2v) is 6.45. The third-order valence-corrected chi connectivity index (χ3v) is 4.17. The van der Waals surface area contributed by atoms with Crippen molar-refractivity contribution in [3.05, 3.63) is 35.5 Å². The molecule has 0 aromatic rings. The van der Waals surface area contributed by atoms with Crippen molar-refractivity contribution >= 4 is 5.78 Å². The van der Waals surface area contributed by atoms with Crippen LogP contribution >= 0.6 is 0 Å². The molecule has 1 heteroatoms. The van der Waals surface area contributed by atoms with E-state index in [9.17, 15) is 4.79 Å². The van der Waals surface area contributed by atoms with Gasteiger partial charge in [-0.1, -0.05) is 43.2 Å². The van der Waals surface area contributed by atoms with Crippen LogP contribution in [-0.4, -0.2) is 5.78 Å². The van der Waals surface area contributed by atoms with Crippen LogP contribution in [0.3, 0.4) is 0 Å². The van der Waals surface area contributed by atoms with Gasteiger partial charge in [-0.15, -0.1) is 0 Å². The number of carbonyl (C=O) groups is 1. The predicted molar refractivity (Wildman–Crippen MR) is 87.7 cm³/mol. The largest absolute Gasteiger partial charge is 0.295 e. The predicted octanol–water partition coefficient (Wildman–Crippen LogP) is 5.63. The summed E-state index contributed by atoms with van der Waals surface area (Å²) < 4.78 is 0. The third-order valence-electron chi connectivity index (χ3n) is 4.17. The fourth-order valence-corrected chi connectivity index (χ4v) is 2.57. The zero-order valence-electron chi connectivity index (χ0n) is 13.6. The summed E-state index contributed by atoms with van der Waals surface area (Å²) in [5.74, 6) is 1.38. The summed E-state index contributed by atoms with van der Waals surface area (Å²) in [5, 5.41) is 0. The molecule has 0 bridgehead atoms. The molecule has 1 atom stereocenters. The molecule has 0 radical (unpaired) electrons. The lowest BCUT2D eigenvalue weighted by molar-refractivity contribution is -0.114. The fourth-order valence-electron chi connectivity index (χ4n) is 2.57. The van der Waals surface area contributed by atoms with E-state index in [1.165, 1.54) is 11.1 Å². The molecule has 0 fully saturated rings. The molecule has 0 aromatic carbocycles. The normalized spacial score (nSPS) is 30.1. The zero-order valence-corrected chi connectivity index (χ0v) is 13.6. The summed E-state index contributed by atoms with van der Waals surface area (Å²) in [6.45, 7) is 8.89. The van der Waals surface area contributed by atoms with Crippen molar-refractivity contribution in [1.29, 1.82) is 0 Å². The van der Waals surface area contributed by atoms with E-state index in [-0.39, 0.29) is 5.78 Å². The minimum absolute atomic E-state index is 0.268. The van der Waals surface area contributed by atoms with Crippen LogP contribution in [0, 0.1) is 11.8 Å². The van der Waals surface area contributed by atoms with Crippen LogP contribution in [0.2, 0.25) is 0 Å². The van der Waals surface area contributed by atoms with Crippen molar-refractivity contribution in [2.24, 2.45) is 11.8 Å². The number of carbonyl (C=O) groups excluding carboxylic acids is 1. The van der Waals surface area contributed by atoms with Gasteiger partial charge in [0.05, 0.1) is 0 Å². The molecule has 0 heterocycles. The smallest absolute Gasteiger partial charge is 0.155 e. The molecule has 112 valence electrons. The number of ketones is 1. The van der Waals surface area contributed by atoms with Gasteiger partial charge in [0, 0.05) is 6.42 Å². The molecule has 0 amide bonds. The number of rotatable bonds is 1. The lowest BCUT2D eigenvalue weighted by Gasteiger charge is -2.17. The van der Waals surface area contributed by atoms with Crippen molar-refractivity contribution in [3.8, 4) is 0 Å². The van der Waals surface area contributed by atoms with E-state index < -0.39 is 0 Å². The monoisotopic (exact) mass is 274 g/mol. The summed E-state index contributed by atoms with van der Waals surface area (Å²) >= 11 is 0. The highest BCUT2D eigenvalue weighted by Crippen LogP contribution is 2.22. The lowest BCUT2D eigenvalue weighted by Crippen LogP contribution is -2.07. The topological polar surface area (TPSA) is 17.1 Å². The van der Waals surface area contributed by atoms with E-state index in [4.69, 9.17) is 0 Å². The van der Waals surface area contributed by atoms with Crippen molar-refractivity contribution in [2.45, 2.75) is 66.2 Å². The first-order valence-electron chi connectivity index (χ1n) is 8.01. The summed E-state index contributed by atoms with van der Waals surface area (Å²) in [6.07, 6.45) is 14.6. The molecule has 1 aliphatic rings. The highest BCUT2D eigenvalue weighted by atomic mass is 16.1. The Kier molecular flexibility index (Phi) is 7.58. The second-order valence-electron chi connectivity index (χ2n) is 6.45. The number of hydrogen-bond donors (Lipinski definition) is 0. The van der Waals surface area contributed by atoms with Gasteiger partial charge in [-0.25, -0.2) is 0 Å².